The van der Waals surface area contributed by atoms with Gasteiger partial charge in [0.1, 0.15) is 17.8 Å². The Hall–Kier alpha value is -2.25. The fourth-order valence-corrected chi connectivity index (χ4v) is 4.90. The Morgan fingerprint density at radius 2 is 1.89 bits per heavy atom. The molecule has 0 radical (unpaired) electrons. The number of hydrogen-bond acceptors (Lipinski definition) is 7. The summed E-state index contributed by atoms with van der Waals surface area (Å²) >= 11 is 0. The lowest BCUT2D eigenvalue weighted by molar-refractivity contribution is -0.139. The fourth-order valence-electron chi connectivity index (χ4n) is 3.67. The fraction of sp³-hybridized carbons (Fsp3) is 0.667. The quantitative estimate of drug-likeness (QED) is 0.279. The number of ether oxygens (including phenoxy) is 2. The lowest BCUT2D eigenvalue weighted by Crippen LogP contribution is -2.56. The van der Waals surface area contributed by atoms with Gasteiger partial charge in [0, 0.05) is 6.61 Å². The van der Waals surface area contributed by atoms with Crippen LogP contribution in [0.25, 0.3) is 0 Å². The number of nitrogens with two attached hydrogens (primary N) is 1. The van der Waals surface area contributed by atoms with Crippen molar-refractivity contribution in [1.29, 1.82) is 0 Å². The highest BCUT2D eigenvalue weighted by Crippen LogP contribution is 2.15. The lowest BCUT2D eigenvalue weighted by atomic mass is 10.0. The first-order valence-corrected chi connectivity index (χ1v) is 13.9. The number of carboxylic acids is 1. The molecule has 0 aromatic heterocycles. The summed E-state index contributed by atoms with van der Waals surface area (Å²) in [7, 11) is -4.34. The van der Waals surface area contributed by atoms with E-state index >= 15 is 0 Å². The highest BCUT2D eigenvalue weighted by Gasteiger charge is 2.30. The minimum Gasteiger partial charge on any atom is -0.494 e. The van der Waals surface area contributed by atoms with Gasteiger partial charge < -0.3 is 25.6 Å². The predicted molar refractivity (Wildman–Crippen MR) is 136 cm³/mol. The number of amides is 1. The van der Waals surface area contributed by atoms with Crippen molar-refractivity contribution in [2.45, 2.75) is 70.5 Å². The molecular weight excluding hydrogens is 488 g/mol. The number of benzene rings is 1. The molecule has 0 saturated carbocycles. The van der Waals surface area contributed by atoms with E-state index in [4.69, 9.17) is 15.2 Å². The lowest BCUT2D eigenvalue weighted by Gasteiger charge is -2.26. The molecule has 0 aliphatic carbocycles. The molecule has 2 heterocycles. The zero-order chi connectivity index (χ0) is 26.6. The van der Waals surface area contributed by atoms with E-state index in [0.717, 1.165) is 12.8 Å². The molecule has 36 heavy (non-hydrogen) atoms. The van der Waals surface area contributed by atoms with Crippen molar-refractivity contribution in [3.63, 3.8) is 0 Å². The number of carboxylic acid groups (broad SMARTS) is 1. The Labute approximate surface area is 213 Å². The van der Waals surface area contributed by atoms with Gasteiger partial charge >= 0.3 is 5.97 Å². The van der Waals surface area contributed by atoms with Crippen molar-refractivity contribution in [3.8, 4) is 5.75 Å². The second-order valence-electron chi connectivity index (χ2n) is 9.30. The molecule has 3 atom stereocenters. The van der Waals surface area contributed by atoms with Gasteiger partial charge in [0.25, 0.3) is 10.2 Å². The van der Waals surface area contributed by atoms with Crippen LogP contribution in [0.2, 0.25) is 0 Å². The molecule has 0 fully saturated rings. The third-order valence-corrected chi connectivity index (χ3v) is 7.09. The van der Waals surface area contributed by atoms with Crippen LogP contribution in [-0.2, 0) is 31.0 Å². The van der Waals surface area contributed by atoms with Crippen molar-refractivity contribution in [1.82, 2.24) is 14.8 Å². The van der Waals surface area contributed by atoms with Crippen LogP contribution in [0.15, 0.2) is 24.3 Å². The van der Waals surface area contributed by atoms with Gasteiger partial charge in [0.05, 0.1) is 19.3 Å². The normalized spacial score (nSPS) is 21.1. The first-order chi connectivity index (χ1) is 17.1. The smallest absolute Gasteiger partial charge is 0.321 e. The molecule has 1 aromatic carbocycles. The highest BCUT2D eigenvalue weighted by atomic mass is 32.2. The molecule has 11 nitrogen and oxygen atoms in total. The summed E-state index contributed by atoms with van der Waals surface area (Å²) in [6, 6.07) is 4.26. The molecule has 0 saturated heterocycles. The zero-order valence-corrected chi connectivity index (χ0v) is 21.9. The minimum absolute atomic E-state index is 0.0461. The Morgan fingerprint density at radius 3 is 2.53 bits per heavy atom. The molecule has 3 rings (SSSR count). The molecule has 1 aromatic rings. The third kappa shape index (κ3) is 10.8. The van der Waals surface area contributed by atoms with Crippen LogP contribution < -0.4 is 25.2 Å². The number of rotatable bonds is 10. The summed E-state index contributed by atoms with van der Waals surface area (Å²) in [5, 5.41) is 12.4. The van der Waals surface area contributed by atoms with Crippen LogP contribution >= 0.6 is 0 Å². The van der Waals surface area contributed by atoms with Crippen LogP contribution in [0.1, 0.15) is 51.5 Å². The van der Waals surface area contributed by atoms with Crippen molar-refractivity contribution in [2.24, 2.45) is 11.7 Å². The predicted octanol–water partition coefficient (Wildman–Crippen LogP) is 0.934. The van der Waals surface area contributed by atoms with E-state index in [9.17, 15) is 23.1 Å². The molecule has 204 valence electrons. The van der Waals surface area contributed by atoms with Crippen molar-refractivity contribution < 1.29 is 32.6 Å². The van der Waals surface area contributed by atoms with Crippen LogP contribution in [0.3, 0.4) is 0 Å². The average Bonchev–Trinajstić information content (AvgIpc) is 2.81. The minimum atomic E-state index is -4.34. The largest absolute Gasteiger partial charge is 0.494 e. The number of carbonyl (C=O) groups is 2. The van der Waals surface area contributed by atoms with Crippen LogP contribution in [0.5, 0.6) is 5.75 Å². The van der Waals surface area contributed by atoms with Gasteiger partial charge in [-0.05, 0) is 62.3 Å². The summed E-state index contributed by atoms with van der Waals surface area (Å²) in [5.74, 6) is -1.10. The zero-order valence-electron chi connectivity index (χ0n) is 21.1. The van der Waals surface area contributed by atoms with Gasteiger partial charge in [-0.15, -0.1) is 0 Å². The van der Waals surface area contributed by atoms with Gasteiger partial charge in [-0.2, -0.15) is 17.9 Å². The number of aliphatic carboxylic acids is 1. The number of unbranched alkanes of at least 4 members (excludes halogenated alkanes) is 1. The third-order valence-electron chi connectivity index (χ3n) is 5.90. The highest BCUT2D eigenvalue weighted by molar-refractivity contribution is 7.87. The topological polar surface area (TPSA) is 169 Å². The van der Waals surface area contributed by atoms with E-state index in [1.165, 1.54) is 0 Å². The van der Waals surface area contributed by atoms with E-state index in [2.05, 4.69) is 14.8 Å². The van der Waals surface area contributed by atoms with E-state index in [1.807, 2.05) is 13.8 Å². The number of fused-ring (bicyclic) bond motifs is 13. The average molecular weight is 529 g/mol. The van der Waals surface area contributed by atoms with Crippen LogP contribution in [0, 0.1) is 5.92 Å². The van der Waals surface area contributed by atoms with Crippen molar-refractivity contribution in [3.05, 3.63) is 29.8 Å². The molecule has 0 unspecified atom stereocenters. The van der Waals surface area contributed by atoms with E-state index in [-0.39, 0.29) is 31.4 Å². The van der Waals surface area contributed by atoms with Crippen molar-refractivity contribution >= 4 is 22.1 Å². The summed E-state index contributed by atoms with van der Waals surface area (Å²) in [5.41, 5.74) is 6.17. The van der Waals surface area contributed by atoms with Gasteiger partial charge in [-0.1, -0.05) is 32.4 Å². The summed E-state index contributed by atoms with van der Waals surface area (Å²) in [4.78, 5) is 24.9. The standard InChI is InChI=1S/C24H40N4O7S/c1-17(2)22-16-34-13-5-6-14-35-19-10-8-18(9-11-19)15-21(23(29)26-22)28-36(32,33)27-20(24(30)31)7-3-4-12-25/h8-11,17,20-22,27-28H,3-7,12-16,25H2,1-2H3,(H,26,29)(H,30,31)/t20-,21-,22+/m0/s1. The van der Waals surface area contributed by atoms with Gasteiger partial charge in [-0.3, -0.25) is 9.59 Å². The first kappa shape index (κ1) is 30.0. The van der Waals surface area contributed by atoms with E-state index in [0.29, 0.717) is 43.9 Å². The summed E-state index contributed by atoms with van der Waals surface area (Å²) < 4.78 is 41.8. The number of hydrogen-bond donors (Lipinski definition) is 5. The second kappa shape index (κ2) is 15.1. The van der Waals surface area contributed by atoms with E-state index in [1.54, 1.807) is 24.3 Å². The molecule has 6 N–H and O–H groups in total. The summed E-state index contributed by atoms with van der Waals surface area (Å²) in [6.07, 6.45) is 2.80. The van der Waals surface area contributed by atoms with E-state index < -0.39 is 34.2 Å². The molecule has 0 spiro atoms. The SMILES string of the molecule is CC(C)[C@H]1COCCCCOc2ccc(cc2)C[C@H](NS(=O)(=O)N[C@@H](CCCCN)C(=O)O)C(=O)N1. The molecule has 12 heteroatoms. The Bertz CT molecular complexity index is 925. The maximum absolute atomic E-state index is 13.3. The molecule has 1 amide bonds. The molecule has 2 aliphatic rings. The monoisotopic (exact) mass is 528 g/mol. The van der Waals surface area contributed by atoms with Gasteiger partial charge in [-0.25, -0.2) is 0 Å². The Morgan fingerprint density at radius 1 is 1.19 bits per heavy atom. The van der Waals surface area contributed by atoms with Gasteiger partial charge in [0.15, 0.2) is 0 Å². The molecular formula is C24H40N4O7S. The first-order valence-electron chi connectivity index (χ1n) is 12.4. The second-order valence-corrected chi connectivity index (χ2v) is 10.8. The van der Waals surface area contributed by atoms with Crippen LogP contribution in [-0.4, -0.2) is 69.9 Å². The molecule has 2 bridgehead atoms. The Balaban J connectivity index is 2.25. The van der Waals surface area contributed by atoms with Crippen LogP contribution in [0.4, 0.5) is 0 Å². The molecule has 2 aliphatic heterocycles. The summed E-state index contributed by atoms with van der Waals surface area (Å²) in [6.45, 7) is 5.62. The Kier molecular flexibility index (Phi) is 12.6. The maximum atomic E-state index is 13.3. The number of nitrogens with one attached hydrogen (secondary N) is 3. The maximum Gasteiger partial charge on any atom is 0.321 e. The van der Waals surface area contributed by atoms with Crippen molar-refractivity contribution in [2.75, 3.05) is 26.4 Å². The number of carbonyl (C=O) groups excluding carboxylic acids is 1. The van der Waals surface area contributed by atoms with Gasteiger partial charge in [0.2, 0.25) is 5.91 Å².